The van der Waals surface area contributed by atoms with E-state index in [-0.39, 0.29) is 11.8 Å². The highest BCUT2D eigenvalue weighted by Crippen LogP contribution is 2.24. The van der Waals surface area contributed by atoms with Gasteiger partial charge in [0.15, 0.2) is 0 Å². The second-order valence-electron chi connectivity index (χ2n) is 7.46. The van der Waals surface area contributed by atoms with Crippen LogP contribution in [0.5, 0.6) is 5.75 Å². The Labute approximate surface area is 182 Å². The van der Waals surface area contributed by atoms with Gasteiger partial charge in [0.25, 0.3) is 0 Å². The first-order chi connectivity index (χ1) is 14.4. The standard InChI is InChI=1S/C24H30N4OS/c1-6-27(7-2)21-13-12-20(23(29)14-21)15-25-28-22(16-30-24(28)26-17(3)4)19-10-8-18(5)9-11-19/h8-17,29H,6-7H2,1-5H3. The molecule has 0 atom stereocenters. The third-order valence-corrected chi connectivity index (χ3v) is 5.69. The molecular weight excluding hydrogens is 392 g/mol. The molecule has 0 aliphatic carbocycles. The summed E-state index contributed by atoms with van der Waals surface area (Å²) in [5.74, 6) is 0.221. The average molecular weight is 423 g/mol. The molecule has 0 fully saturated rings. The van der Waals surface area contributed by atoms with Crippen LogP contribution in [-0.4, -0.2) is 35.1 Å². The van der Waals surface area contributed by atoms with Gasteiger partial charge in [-0.2, -0.15) is 5.10 Å². The first kappa shape index (κ1) is 21.8. The summed E-state index contributed by atoms with van der Waals surface area (Å²) < 4.78 is 1.85. The number of aromatic hydroxyl groups is 1. The van der Waals surface area contributed by atoms with Crippen molar-refractivity contribution in [3.63, 3.8) is 0 Å². The van der Waals surface area contributed by atoms with Crippen molar-refractivity contribution >= 4 is 23.2 Å². The number of hydrogen-bond acceptors (Lipinski definition) is 5. The van der Waals surface area contributed by atoms with Gasteiger partial charge in [-0.1, -0.05) is 29.8 Å². The Kier molecular flexibility index (Phi) is 7.11. The summed E-state index contributed by atoms with van der Waals surface area (Å²) in [5.41, 5.74) is 4.97. The van der Waals surface area contributed by atoms with E-state index in [4.69, 9.17) is 10.1 Å². The third kappa shape index (κ3) is 5.00. The van der Waals surface area contributed by atoms with Gasteiger partial charge >= 0.3 is 0 Å². The highest BCUT2D eigenvalue weighted by Gasteiger charge is 2.09. The number of rotatable bonds is 7. The predicted octanol–water partition coefficient (Wildman–Crippen LogP) is 5.27. The Morgan fingerprint density at radius 1 is 1.10 bits per heavy atom. The largest absolute Gasteiger partial charge is 0.507 e. The minimum Gasteiger partial charge on any atom is -0.507 e. The van der Waals surface area contributed by atoms with E-state index in [0.717, 1.165) is 34.8 Å². The minimum absolute atomic E-state index is 0.165. The summed E-state index contributed by atoms with van der Waals surface area (Å²) >= 11 is 1.57. The lowest BCUT2D eigenvalue weighted by atomic mass is 10.1. The van der Waals surface area contributed by atoms with E-state index in [9.17, 15) is 5.11 Å². The Hall–Kier alpha value is -2.86. The zero-order valence-electron chi connectivity index (χ0n) is 18.3. The Morgan fingerprint density at radius 2 is 1.80 bits per heavy atom. The molecular formula is C24H30N4OS. The quantitative estimate of drug-likeness (QED) is 0.528. The van der Waals surface area contributed by atoms with Crippen LogP contribution in [0.15, 0.2) is 57.9 Å². The fraction of sp³-hybridized carbons (Fsp3) is 0.333. The van der Waals surface area contributed by atoms with E-state index in [2.05, 4.69) is 69.2 Å². The van der Waals surface area contributed by atoms with E-state index < -0.39 is 0 Å². The number of phenols is 1. The van der Waals surface area contributed by atoms with Crippen LogP contribution >= 0.6 is 11.3 Å². The van der Waals surface area contributed by atoms with Gasteiger partial charge in [-0.05, 0) is 46.8 Å². The maximum absolute atomic E-state index is 10.5. The molecule has 0 saturated heterocycles. The van der Waals surface area contributed by atoms with Crippen molar-refractivity contribution in [2.45, 2.75) is 40.7 Å². The van der Waals surface area contributed by atoms with Crippen LogP contribution < -0.4 is 9.70 Å². The van der Waals surface area contributed by atoms with E-state index in [1.54, 1.807) is 23.6 Å². The Morgan fingerprint density at radius 3 is 2.40 bits per heavy atom. The van der Waals surface area contributed by atoms with Crippen LogP contribution in [-0.2, 0) is 0 Å². The molecule has 1 heterocycles. The maximum atomic E-state index is 10.5. The number of phenolic OH excluding ortho intramolecular Hbond substituents is 1. The highest BCUT2D eigenvalue weighted by atomic mass is 32.1. The lowest BCUT2D eigenvalue weighted by molar-refractivity contribution is 0.474. The lowest BCUT2D eigenvalue weighted by Gasteiger charge is -2.21. The molecule has 0 spiro atoms. The molecule has 0 amide bonds. The average Bonchev–Trinajstić information content (AvgIpc) is 3.10. The first-order valence-corrected chi connectivity index (χ1v) is 11.2. The zero-order chi connectivity index (χ0) is 21.7. The van der Waals surface area contributed by atoms with Crippen LogP contribution in [0.4, 0.5) is 5.69 Å². The van der Waals surface area contributed by atoms with E-state index in [1.165, 1.54) is 5.56 Å². The summed E-state index contributed by atoms with van der Waals surface area (Å²) in [6.45, 7) is 12.2. The summed E-state index contributed by atoms with van der Waals surface area (Å²) in [6.07, 6.45) is 1.70. The van der Waals surface area contributed by atoms with Gasteiger partial charge in [-0.3, -0.25) is 4.99 Å². The summed E-state index contributed by atoms with van der Waals surface area (Å²) in [5, 5.41) is 17.3. The number of aromatic nitrogens is 1. The molecule has 0 bridgehead atoms. The Balaban J connectivity index is 2.02. The smallest absolute Gasteiger partial charge is 0.206 e. The SMILES string of the molecule is CCN(CC)c1ccc(C=Nn2c(-c3ccc(C)cc3)csc2=NC(C)C)c(O)c1. The molecule has 6 heteroatoms. The number of anilines is 1. The molecule has 0 aliphatic heterocycles. The second-order valence-corrected chi connectivity index (χ2v) is 8.30. The first-order valence-electron chi connectivity index (χ1n) is 10.4. The van der Waals surface area contributed by atoms with Gasteiger partial charge in [-0.25, -0.2) is 4.68 Å². The molecule has 0 unspecified atom stereocenters. The summed E-state index contributed by atoms with van der Waals surface area (Å²) in [4.78, 5) is 7.74. The van der Waals surface area contributed by atoms with Gasteiger partial charge < -0.3 is 10.0 Å². The van der Waals surface area contributed by atoms with Crippen molar-refractivity contribution in [1.29, 1.82) is 0 Å². The van der Waals surface area contributed by atoms with E-state index in [1.807, 2.05) is 16.8 Å². The second kappa shape index (κ2) is 9.76. The molecule has 0 aliphatic rings. The predicted molar refractivity (Wildman–Crippen MR) is 128 cm³/mol. The van der Waals surface area contributed by atoms with Crippen LogP contribution in [0.3, 0.4) is 0 Å². The van der Waals surface area contributed by atoms with Gasteiger partial charge in [-0.15, -0.1) is 11.3 Å². The number of hydrogen-bond donors (Lipinski definition) is 1. The normalized spacial score (nSPS) is 12.3. The van der Waals surface area contributed by atoms with Crippen molar-refractivity contribution < 1.29 is 5.11 Å². The van der Waals surface area contributed by atoms with Crippen molar-refractivity contribution in [2.75, 3.05) is 18.0 Å². The molecule has 0 saturated carbocycles. The fourth-order valence-corrected chi connectivity index (χ4v) is 4.16. The summed E-state index contributed by atoms with van der Waals surface area (Å²) in [6, 6.07) is 14.3. The number of aryl methyl sites for hydroxylation is 1. The van der Waals surface area contributed by atoms with Crippen LogP contribution in [0.25, 0.3) is 11.3 Å². The van der Waals surface area contributed by atoms with Crippen LogP contribution in [0.1, 0.15) is 38.8 Å². The van der Waals surface area contributed by atoms with Crippen molar-refractivity contribution in [3.8, 4) is 17.0 Å². The third-order valence-electron chi connectivity index (χ3n) is 4.86. The zero-order valence-corrected chi connectivity index (χ0v) is 19.1. The fourth-order valence-electron chi connectivity index (χ4n) is 3.19. The molecule has 3 aromatic rings. The molecule has 1 N–H and O–H groups in total. The van der Waals surface area contributed by atoms with Gasteiger partial charge in [0.1, 0.15) is 5.75 Å². The number of nitrogens with zero attached hydrogens (tertiary/aromatic N) is 4. The van der Waals surface area contributed by atoms with Crippen molar-refractivity contribution in [3.05, 3.63) is 63.8 Å². The molecule has 30 heavy (non-hydrogen) atoms. The number of thiazole rings is 1. The van der Waals surface area contributed by atoms with Crippen molar-refractivity contribution in [2.24, 2.45) is 10.1 Å². The van der Waals surface area contributed by atoms with E-state index in [0.29, 0.717) is 5.56 Å². The Bertz CT molecular complexity index is 1070. The molecule has 2 aromatic carbocycles. The highest BCUT2D eigenvalue weighted by molar-refractivity contribution is 7.07. The molecule has 5 nitrogen and oxygen atoms in total. The van der Waals surface area contributed by atoms with Crippen molar-refractivity contribution in [1.82, 2.24) is 4.68 Å². The van der Waals surface area contributed by atoms with Gasteiger partial charge in [0, 0.05) is 47.4 Å². The molecule has 1 aromatic heterocycles. The molecule has 0 radical (unpaired) electrons. The lowest BCUT2D eigenvalue weighted by Crippen LogP contribution is -2.21. The van der Waals surface area contributed by atoms with Gasteiger partial charge in [0.05, 0.1) is 11.9 Å². The minimum atomic E-state index is 0.165. The summed E-state index contributed by atoms with van der Waals surface area (Å²) in [7, 11) is 0. The monoisotopic (exact) mass is 422 g/mol. The molecule has 3 rings (SSSR count). The maximum Gasteiger partial charge on any atom is 0.206 e. The van der Waals surface area contributed by atoms with Crippen LogP contribution in [0.2, 0.25) is 0 Å². The van der Waals surface area contributed by atoms with Gasteiger partial charge in [0.2, 0.25) is 4.80 Å². The van der Waals surface area contributed by atoms with Crippen LogP contribution in [0, 0.1) is 6.92 Å². The molecule has 158 valence electrons. The number of benzene rings is 2. The topological polar surface area (TPSA) is 53.1 Å². The van der Waals surface area contributed by atoms with E-state index >= 15 is 0 Å².